The Bertz CT molecular complexity index is 1670. The number of aliphatic imine (C=N–C) groups is 1. The summed E-state index contributed by atoms with van der Waals surface area (Å²) in [5, 5.41) is 10.9. The second-order valence-electron chi connectivity index (χ2n) is 8.78. The number of nitrogens with zero attached hydrogens (tertiary/aromatic N) is 4. The van der Waals surface area contributed by atoms with Crippen molar-refractivity contribution in [3.63, 3.8) is 0 Å². The van der Waals surface area contributed by atoms with E-state index < -0.39 is 17.1 Å². The first-order chi connectivity index (χ1) is 17.2. The number of aromatic amines is 3. The molecule has 1 aliphatic rings. The number of hydrogen-bond donors (Lipinski definition) is 4. The van der Waals surface area contributed by atoms with Gasteiger partial charge < -0.3 is 24.9 Å². The maximum atomic E-state index is 12.6. The Morgan fingerprint density at radius 1 is 1.00 bits per heavy atom. The van der Waals surface area contributed by atoms with Gasteiger partial charge in [0.1, 0.15) is 5.56 Å². The summed E-state index contributed by atoms with van der Waals surface area (Å²) in [6.45, 7) is 5.11. The van der Waals surface area contributed by atoms with Crippen LogP contribution in [0.2, 0.25) is 0 Å². The SMILES string of the molecule is Cc1cc(-n2c(O)c(C=Nc3cc4[nH]c(=O)[nH]c4cc3N3CCN(C)CC3)c(=O)[nH]c2=O)ccc1Br. The first kappa shape index (κ1) is 23.8. The van der Waals surface area contributed by atoms with Crippen molar-refractivity contribution in [2.24, 2.45) is 4.99 Å². The van der Waals surface area contributed by atoms with Gasteiger partial charge in [-0.1, -0.05) is 15.9 Å². The molecule has 1 aliphatic heterocycles. The number of nitrogens with one attached hydrogen (secondary N) is 3. The van der Waals surface area contributed by atoms with Crippen LogP contribution in [0.25, 0.3) is 16.7 Å². The second kappa shape index (κ2) is 9.28. The van der Waals surface area contributed by atoms with Gasteiger partial charge in [0.15, 0.2) is 0 Å². The maximum absolute atomic E-state index is 12.6. The Morgan fingerprint density at radius 3 is 2.39 bits per heavy atom. The number of likely N-dealkylation sites (N-methyl/N-ethyl adjacent to an activating group) is 1. The van der Waals surface area contributed by atoms with Gasteiger partial charge in [-0.05, 0) is 49.9 Å². The topological polar surface area (TPSA) is 143 Å². The third-order valence-electron chi connectivity index (χ3n) is 6.31. The van der Waals surface area contributed by atoms with Gasteiger partial charge >= 0.3 is 11.4 Å². The number of halogens is 1. The summed E-state index contributed by atoms with van der Waals surface area (Å²) < 4.78 is 1.87. The Morgan fingerprint density at radius 2 is 1.69 bits per heavy atom. The van der Waals surface area contributed by atoms with Crippen molar-refractivity contribution < 1.29 is 5.11 Å². The van der Waals surface area contributed by atoms with Crippen molar-refractivity contribution in [1.29, 1.82) is 0 Å². The molecule has 1 fully saturated rings. The highest BCUT2D eigenvalue weighted by Gasteiger charge is 2.19. The van der Waals surface area contributed by atoms with Crippen LogP contribution in [0.15, 0.2) is 54.2 Å². The number of H-pyrrole nitrogens is 3. The van der Waals surface area contributed by atoms with Crippen molar-refractivity contribution in [3.05, 3.63) is 77.3 Å². The van der Waals surface area contributed by atoms with E-state index in [2.05, 4.69) is 52.7 Å². The standard InChI is InChI=1S/C24H24BrN7O4/c1-13-9-14(3-4-16(13)25)32-22(34)15(21(33)29-24(32)36)12-26-19-10-17-18(28-23(35)27-17)11-20(19)31-7-5-30(2)6-8-31/h3-4,9-12,34H,5-8H2,1-2H3,(H2,27,28,35)(H,29,33,36). The zero-order chi connectivity index (χ0) is 25.6. The highest BCUT2D eigenvalue weighted by atomic mass is 79.9. The minimum atomic E-state index is -0.763. The first-order valence-corrected chi connectivity index (χ1v) is 12.1. The number of hydrogen-bond acceptors (Lipinski definition) is 7. The van der Waals surface area contributed by atoms with Gasteiger partial charge in [-0.2, -0.15) is 0 Å². The van der Waals surface area contributed by atoms with Gasteiger partial charge in [-0.3, -0.25) is 14.8 Å². The van der Waals surface area contributed by atoms with Gasteiger partial charge in [0, 0.05) is 36.9 Å². The summed E-state index contributed by atoms with van der Waals surface area (Å²) in [6.07, 6.45) is 1.24. The van der Waals surface area contributed by atoms with Crippen LogP contribution in [0.1, 0.15) is 11.1 Å². The van der Waals surface area contributed by atoms with E-state index >= 15 is 0 Å². The van der Waals surface area contributed by atoms with E-state index in [1.165, 1.54) is 6.21 Å². The van der Waals surface area contributed by atoms with Gasteiger partial charge in [0.2, 0.25) is 5.88 Å². The number of piperazine rings is 1. The van der Waals surface area contributed by atoms with Crippen molar-refractivity contribution in [2.45, 2.75) is 6.92 Å². The normalized spacial score (nSPS) is 14.8. The minimum absolute atomic E-state index is 0.165. The molecule has 0 bridgehead atoms. The fourth-order valence-electron chi connectivity index (χ4n) is 4.26. The summed E-state index contributed by atoms with van der Waals surface area (Å²) in [5.74, 6) is -0.522. The molecule has 0 saturated carbocycles. The molecular weight excluding hydrogens is 530 g/mol. The largest absolute Gasteiger partial charge is 0.493 e. The predicted molar refractivity (Wildman–Crippen MR) is 143 cm³/mol. The van der Waals surface area contributed by atoms with Crippen LogP contribution in [-0.2, 0) is 0 Å². The number of anilines is 1. The molecule has 0 amide bonds. The molecule has 0 aliphatic carbocycles. The molecule has 1 saturated heterocycles. The van der Waals surface area contributed by atoms with E-state index in [9.17, 15) is 19.5 Å². The molecule has 2 aromatic heterocycles. The maximum Gasteiger partial charge on any atom is 0.335 e. The van der Waals surface area contributed by atoms with E-state index in [0.29, 0.717) is 22.4 Å². The number of aromatic nitrogens is 4. The smallest absolute Gasteiger partial charge is 0.335 e. The molecule has 0 unspecified atom stereocenters. The monoisotopic (exact) mass is 553 g/mol. The summed E-state index contributed by atoms with van der Waals surface area (Å²) in [4.78, 5) is 53.7. The molecule has 36 heavy (non-hydrogen) atoms. The number of aryl methyl sites for hydroxylation is 1. The third kappa shape index (κ3) is 4.40. The van der Waals surface area contributed by atoms with E-state index in [-0.39, 0.29) is 11.3 Å². The molecule has 186 valence electrons. The summed E-state index contributed by atoms with van der Waals surface area (Å²) in [7, 11) is 2.06. The van der Waals surface area contributed by atoms with Crippen LogP contribution in [0.3, 0.4) is 0 Å². The van der Waals surface area contributed by atoms with Crippen molar-refractivity contribution in [2.75, 3.05) is 38.1 Å². The summed E-state index contributed by atoms with van der Waals surface area (Å²) in [5.41, 5.74) is 1.74. The lowest BCUT2D eigenvalue weighted by Crippen LogP contribution is -2.44. The van der Waals surface area contributed by atoms with Crippen molar-refractivity contribution >= 4 is 44.6 Å². The highest BCUT2D eigenvalue weighted by Crippen LogP contribution is 2.33. The molecule has 5 rings (SSSR count). The van der Waals surface area contributed by atoms with E-state index in [1.54, 1.807) is 24.3 Å². The van der Waals surface area contributed by atoms with Crippen LogP contribution in [0.4, 0.5) is 11.4 Å². The summed E-state index contributed by atoms with van der Waals surface area (Å²) >= 11 is 3.42. The average Bonchev–Trinajstić information content (AvgIpc) is 3.20. The first-order valence-electron chi connectivity index (χ1n) is 11.3. The Labute approximate surface area is 212 Å². The lowest BCUT2D eigenvalue weighted by Gasteiger charge is -2.34. The van der Waals surface area contributed by atoms with Crippen LogP contribution >= 0.6 is 15.9 Å². The zero-order valence-corrected chi connectivity index (χ0v) is 21.2. The third-order valence-corrected chi connectivity index (χ3v) is 7.20. The van der Waals surface area contributed by atoms with Crippen LogP contribution in [-0.4, -0.2) is 69.0 Å². The molecule has 0 atom stereocenters. The average molecular weight is 554 g/mol. The molecule has 2 aromatic carbocycles. The number of benzene rings is 2. The Hall–Kier alpha value is -3.90. The van der Waals surface area contributed by atoms with Crippen LogP contribution < -0.4 is 21.8 Å². The lowest BCUT2D eigenvalue weighted by atomic mass is 10.2. The number of imidazole rings is 1. The number of aromatic hydroxyl groups is 1. The lowest BCUT2D eigenvalue weighted by molar-refractivity contribution is 0.313. The Balaban J connectivity index is 1.62. The van der Waals surface area contributed by atoms with Gasteiger partial charge in [0.25, 0.3) is 5.56 Å². The van der Waals surface area contributed by atoms with E-state index in [1.807, 2.05) is 13.0 Å². The van der Waals surface area contributed by atoms with Crippen LogP contribution in [0, 0.1) is 6.92 Å². The number of rotatable bonds is 4. The fraction of sp³-hybridized carbons (Fsp3) is 0.250. The molecule has 4 N–H and O–H groups in total. The van der Waals surface area contributed by atoms with Crippen LogP contribution in [0.5, 0.6) is 5.88 Å². The highest BCUT2D eigenvalue weighted by molar-refractivity contribution is 9.10. The molecule has 11 nitrogen and oxygen atoms in total. The molecule has 3 heterocycles. The minimum Gasteiger partial charge on any atom is -0.493 e. The van der Waals surface area contributed by atoms with Crippen molar-refractivity contribution in [1.82, 2.24) is 24.4 Å². The van der Waals surface area contributed by atoms with Gasteiger partial charge in [-0.25, -0.2) is 14.2 Å². The zero-order valence-electron chi connectivity index (χ0n) is 19.6. The van der Waals surface area contributed by atoms with E-state index in [0.717, 1.165) is 46.5 Å². The summed E-state index contributed by atoms with van der Waals surface area (Å²) in [6, 6.07) is 8.69. The Kier molecular flexibility index (Phi) is 6.14. The molecule has 0 spiro atoms. The number of fused-ring (bicyclic) bond motifs is 1. The molecule has 4 aromatic rings. The van der Waals surface area contributed by atoms with Crippen molar-refractivity contribution in [3.8, 4) is 11.6 Å². The second-order valence-corrected chi connectivity index (χ2v) is 9.63. The quantitative estimate of drug-likeness (QED) is 0.284. The predicted octanol–water partition coefficient (Wildman–Crippen LogP) is 1.97. The fourth-order valence-corrected chi connectivity index (χ4v) is 4.51. The van der Waals surface area contributed by atoms with Gasteiger partial charge in [-0.15, -0.1) is 0 Å². The molecule has 0 radical (unpaired) electrons. The molecular formula is C24H24BrN7O4. The van der Waals surface area contributed by atoms with Gasteiger partial charge in [0.05, 0.1) is 28.1 Å². The van der Waals surface area contributed by atoms with E-state index in [4.69, 9.17) is 0 Å². The molecule has 12 heteroatoms.